The van der Waals surface area contributed by atoms with Gasteiger partial charge in [-0.3, -0.25) is 14.7 Å². The number of amides is 1. The molecule has 2 N–H and O–H groups in total. The molecule has 2 atom stereocenters. The van der Waals surface area contributed by atoms with E-state index in [1.54, 1.807) is 0 Å². The molecular formula is C26H42IN5O. The van der Waals surface area contributed by atoms with Crippen LogP contribution >= 0.6 is 24.0 Å². The van der Waals surface area contributed by atoms with Gasteiger partial charge in [0.25, 0.3) is 0 Å². The van der Waals surface area contributed by atoms with Gasteiger partial charge < -0.3 is 15.5 Å². The van der Waals surface area contributed by atoms with Crippen molar-refractivity contribution in [2.75, 3.05) is 33.2 Å². The van der Waals surface area contributed by atoms with Crippen LogP contribution in [0.2, 0.25) is 0 Å². The van der Waals surface area contributed by atoms with Crippen LogP contribution < -0.4 is 10.6 Å². The Morgan fingerprint density at radius 2 is 1.79 bits per heavy atom. The van der Waals surface area contributed by atoms with E-state index in [4.69, 9.17) is 0 Å². The van der Waals surface area contributed by atoms with Crippen LogP contribution in [0.3, 0.4) is 0 Å². The van der Waals surface area contributed by atoms with Crippen LogP contribution in [-0.4, -0.2) is 60.9 Å². The van der Waals surface area contributed by atoms with Crippen molar-refractivity contribution in [1.29, 1.82) is 0 Å². The summed E-state index contributed by atoms with van der Waals surface area (Å²) in [5.74, 6) is 2.26. The van der Waals surface area contributed by atoms with Crippen molar-refractivity contribution in [2.45, 2.75) is 71.0 Å². The highest BCUT2D eigenvalue weighted by molar-refractivity contribution is 14.0. The summed E-state index contributed by atoms with van der Waals surface area (Å²) in [6.07, 6.45) is 8.22. The molecule has 7 heteroatoms. The predicted molar refractivity (Wildman–Crippen MR) is 146 cm³/mol. The van der Waals surface area contributed by atoms with Crippen molar-refractivity contribution in [3.63, 3.8) is 0 Å². The Morgan fingerprint density at radius 3 is 2.52 bits per heavy atom. The summed E-state index contributed by atoms with van der Waals surface area (Å²) < 4.78 is 0. The van der Waals surface area contributed by atoms with Crippen LogP contribution in [0.15, 0.2) is 29.3 Å². The summed E-state index contributed by atoms with van der Waals surface area (Å²) in [5, 5.41) is 7.07. The van der Waals surface area contributed by atoms with E-state index in [0.717, 1.165) is 57.3 Å². The predicted octanol–water partition coefficient (Wildman–Crippen LogP) is 3.99. The maximum Gasteiger partial charge on any atom is 0.225 e. The fourth-order valence-electron chi connectivity index (χ4n) is 5.63. The number of halogens is 1. The minimum absolute atomic E-state index is 0. The van der Waals surface area contributed by atoms with E-state index in [1.165, 1.54) is 49.9 Å². The molecule has 2 saturated heterocycles. The molecule has 6 nitrogen and oxygen atoms in total. The van der Waals surface area contributed by atoms with Gasteiger partial charge in [0, 0.05) is 51.7 Å². The minimum atomic E-state index is 0. The maximum absolute atomic E-state index is 12.7. The number of nitrogens with zero attached hydrogens (tertiary/aromatic N) is 3. The fourth-order valence-corrected chi connectivity index (χ4v) is 5.63. The molecule has 0 aromatic heterocycles. The number of benzene rings is 1. The van der Waals surface area contributed by atoms with Crippen molar-refractivity contribution in [3.8, 4) is 0 Å². The van der Waals surface area contributed by atoms with Crippen LogP contribution in [0.1, 0.15) is 63.0 Å². The lowest BCUT2D eigenvalue weighted by atomic mass is 9.99. The van der Waals surface area contributed by atoms with Gasteiger partial charge in [-0.1, -0.05) is 44.0 Å². The average Bonchev–Trinajstić information content (AvgIpc) is 3.50. The second kappa shape index (κ2) is 12.9. The van der Waals surface area contributed by atoms with Gasteiger partial charge in [0.05, 0.1) is 0 Å². The molecule has 2 unspecified atom stereocenters. The van der Waals surface area contributed by atoms with E-state index in [1.807, 2.05) is 7.05 Å². The quantitative estimate of drug-likeness (QED) is 0.310. The Morgan fingerprint density at radius 1 is 1.03 bits per heavy atom. The van der Waals surface area contributed by atoms with Gasteiger partial charge in [0.2, 0.25) is 5.91 Å². The molecule has 0 spiro atoms. The highest BCUT2D eigenvalue weighted by Crippen LogP contribution is 2.28. The maximum atomic E-state index is 12.7. The van der Waals surface area contributed by atoms with Crippen LogP contribution in [0.5, 0.6) is 0 Å². The number of nitrogens with one attached hydrogen (secondary N) is 2. The molecule has 184 valence electrons. The van der Waals surface area contributed by atoms with E-state index in [0.29, 0.717) is 5.91 Å². The highest BCUT2D eigenvalue weighted by Gasteiger charge is 2.32. The first-order valence-corrected chi connectivity index (χ1v) is 12.7. The third-order valence-electron chi connectivity index (χ3n) is 7.47. The van der Waals surface area contributed by atoms with Crippen molar-refractivity contribution in [1.82, 2.24) is 20.4 Å². The average molecular weight is 568 g/mol. The third kappa shape index (κ3) is 7.31. The minimum Gasteiger partial charge on any atom is -0.352 e. The van der Waals surface area contributed by atoms with E-state index in [2.05, 4.69) is 56.6 Å². The fraction of sp³-hybridized carbons (Fsp3) is 0.692. The van der Waals surface area contributed by atoms with Crippen LogP contribution in [0.25, 0.3) is 0 Å². The monoisotopic (exact) mass is 567 g/mol. The lowest BCUT2D eigenvalue weighted by molar-refractivity contribution is -0.134. The van der Waals surface area contributed by atoms with Crippen LogP contribution in [0.4, 0.5) is 0 Å². The number of rotatable bonds is 6. The highest BCUT2D eigenvalue weighted by atomic mass is 127. The molecule has 3 fully saturated rings. The molecule has 0 radical (unpaired) electrons. The zero-order chi connectivity index (χ0) is 22.3. The van der Waals surface area contributed by atoms with Crippen LogP contribution in [0, 0.1) is 11.8 Å². The number of carbonyl (C=O) groups excluding carboxylic acids is 1. The molecule has 2 heterocycles. The molecule has 0 bridgehead atoms. The lowest BCUT2D eigenvalue weighted by Crippen LogP contribution is -2.45. The van der Waals surface area contributed by atoms with Crippen molar-refractivity contribution in [3.05, 3.63) is 35.4 Å². The second-order valence-electron chi connectivity index (χ2n) is 10.1. The van der Waals surface area contributed by atoms with Gasteiger partial charge in [-0.05, 0) is 55.7 Å². The number of hydrogen-bond donors (Lipinski definition) is 2. The second-order valence-corrected chi connectivity index (χ2v) is 10.1. The third-order valence-corrected chi connectivity index (χ3v) is 7.47. The number of hydrogen-bond acceptors (Lipinski definition) is 3. The summed E-state index contributed by atoms with van der Waals surface area (Å²) in [6.45, 7) is 8.20. The zero-order valence-electron chi connectivity index (χ0n) is 20.4. The molecule has 1 saturated carbocycles. The topological polar surface area (TPSA) is 60.0 Å². The summed E-state index contributed by atoms with van der Waals surface area (Å²) in [5.41, 5.74) is 2.73. The number of likely N-dealkylation sites (tertiary alicyclic amines) is 2. The molecule has 33 heavy (non-hydrogen) atoms. The summed E-state index contributed by atoms with van der Waals surface area (Å²) in [7, 11) is 1.83. The van der Waals surface area contributed by atoms with Crippen molar-refractivity contribution in [2.24, 2.45) is 16.8 Å². The van der Waals surface area contributed by atoms with E-state index in [9.17, 15) is 4.79 Å². The van der Waals surface area contributed by atoms with Crippen LogP contribution in [-0.2, 0) is 17.9 Å². The first-order chi connectivity index (χ1) is 15.6. The first kappa shape index (κ1) is 26.3. The molecule has 1 aromatic carbocycles. The Bertz CT molecular complexity index is 795. The lowest BCUT2D eigenvalue weighted by Gasteiger charge is -2.31. The SMILES string of the molecule is CN=C(NCc1ccccc1CN1CCCC(C)C1)NC1CCN(C(=O)C2CCCC2)C1.I. The van der Waals surface area contributed by atoms with E-state index >= 15 is 0 Å². The molecule has 1 aliphatic carbocycles. The largest absolute Gasteiger partial charge is 0.352 e. The number of carbonyl (C=O) groups is 1. The van der Waals surface area contributed by atoms with Gasteiger partial charge in [0.15, 0.2) is 5.96 Å². The summed E-state index contributed by atoms with van der Waals surface area (Å²) >= 11 is 0. The molecule has 3 aliphatic rings. The molecule has 1 aromatic rings. The van der Waals surface area contributed by atoms with Crippen molar-refractivity contribution < 1.29 is 4.79 Å². The molecular weight excluding hydrogens is 525 g/mol. The smallest absolute Gasteiger partial charge is 0.225 e. The summed E-state index contributed by atoms with van der Waals surface area (Å²) in [6, 6.07) is 9.03. The van der Waals surface area contributed by atoms with E-state index < -0.39 is 0 Å². The number of piperidine rings is 1. The normalized spacial score (nSPS) is 24.5. The summed E-state index contributed by atoms with van der Waals surface area (Å²) in [4.78, 5) is 21.8. The standard InChI is InChI=1S/C26H41N5O.HI/c1-20-8-7-14-30(17-20)18-23-12-6-5-11-22(23)16-28-26(27-2)29-24-13-15-31(19-24)25(32)21-9-3-4-10-21;/h5-6,11-12,20-21,24H,3-4,7-10,13-19H2,1-2H3,(H2,27,28,29);1H. The van der Waals surface area contributed by atoms with Gasteiger partial charge in [-0.15, -0.1) is 24.0 Å². The number of aliphatic imine (C=N–C) groups is 1. The van der Waals surface area contributed by atoms with Gasteiger partial charge >= 0.3 is 0 Å². The molecule has 1 amide bonds. The zero-order valence-corrected chi connectivity index (χ0v) is 22.7. The molecule has 4 rings (SSSR count). The van der Waals surface area contributed by atoms with Gasteiger partial charge in [-0.2, -0.15) is 0 Å². The first-order valence-electron chi connectivity index (χ1n) is 12.7. The van der Waals surface area contributed by atoms with Crippen molar-refractivity contribution >= 4 is 35.8 Å². The Kier molecular flexibility index (Phi) is 10.3. The number of guanidine groups is 1. The van der Waals surface area contributed by atoms with Gasteiger partial charge in [-0.25, -0.2) is 0 Å². The Balaban J connectivity index is 0.00000306. The Hall–Kier alpha value is -1.35. The van der Waals surface area contributed by atoms with Gasteiger partial charge in [0.1, 0.15) is 0 Å². The Labute approximate surface area is 217 Å². The van der Waals surface area contributed by atoms with E-state index in [-0.39, 0.29) is 35.9 Å². The molecule has 2 aliphatic heterocycles.